The van der Waals surface area contributed by atoms with Gasteiger partial charge in [-0.2, -0.15) is 0 Å². The number of amides is 2. The van der Waals surface area contributed by atoms with Crippen LogP contribution < -0.4 is 5.32 Å². The van der Waals surface area contributed by atoms with Crippen LogP contribution in [0.15, 0.2) is 30.3 Å². The summed E-state index contributed by atoms with van der Waals surface area (Å²) in [6, 6.07) is 10.3. The van der Waals surface area contributed by atoms with Crippen LogP contribution in [0, 0.1) is 11.3 Å². The van der Waals surface area contributed by atoms with Crippen molar-refractivity contribution in [3.8, 4) is 0 Å². The van der Waals surface area contributed by atoms with E-state index in [-0.39, 0.29) is 29.7 Å². The van der Waals surface area contributed by atoms with Crippen LogP contribution in [-0.4, -0.2) is 47.9 Å². The lowest BCUT2D eigenvalue weighted by Crippen LogP contribution is -2.63. The second-order valence-corrected chi connectivity index (χ2v) is 8.22. The Bertz CT molecular complexity index is 584. The molecule has 2 fully saturated rings. The van der Waals surface area contributed by atoms with E-state index < -0.39 is 0 Å². The minimum atomic E-state index is -0.172. The molecule has 5 nitrogen and oxygen atoms in total. The molecule has 2 atom stereocenters. The summed E-state index contributed by atoms with van der Waals surface area (Å²) in [5.74, 6) is 0.433. The number of urea groups is 1. The van der Waals surface area contributed by atoms with Crippen molar-refractivity contribution in [1.29, 1.82) is 0 Å². The summed E-state index contributed by atoms with van der Waals surface area (Å²) in [6.07, 6.45) is 2.45. The van der Waals surface area contributed by atoms with Gasteiger partial charge in [0, 0.05) is 25.0 Å². The Morgan fingerprint density at radius 1 is 1.28 bits per heavy atom. The van der Waals surface area contributed by atoms with Crippen molar-refractivity contribution >= 4 is 6.03 Å². The highest BCUT2D eigenvalue weighted by atomic mass is 16.5. The molecule has 0 unspecified atom stereocenters. The SMILES string of the molecule is CN(CC1CC(O)C1)C(=O)N[C@@H]1C[C@@H](OCc2ccccc2)C1(C)C. The monoisotopic (exact) mass is 346 g/mol. The van der Waals surface area contributed by atoms with E-state index in [1.54, 1.807) is 4.90 Å². The molecule has 3 rings (SSSR count). The predicted molar refractivity (Wildman–Crippen MR) is 97.1 cm³/mol. The fraction of sp³-hybridized carbons (Fsp3) is 0.650. The molecule has 5 heteroatoms. The Balaban J connectivity index is 1.42. The highest BCUT2D eigenvalue weighted by Crippen LogP contribution is 2.43. The Labute approximate surface area is 150 Å². The topological polar surface area (TPSA) is 61.8 Å². The molecule has 0 spiro atoms. The number of ether oxygens (including phenoxy) is 1. The van der Waals surface area contributed by atoms with Crippen LogP contribution in [-0.2, 0) is 11.3 Å². The lowest BCUT2D eigenvalue weighted by molar-refractivity contribution is -0.122. The Morgan fingerprint density at radius 3 is 2.56 bits per heavy atom. The standard InChI is InChI=1S/C20H30N2O3/c1-20(2)17(11-18(20)25-13-14-7-5-4-6-8-14)21-19(24)22(3)12-15-9-16(23)10-15/h4-8,15-18,23H,9-13H2,1-3H3,(H,21,24)/t15?,16?,17-,18-/m1/s1. The lowest BCUT2D eigenvalue weighted by Gasteiger charge is -2.52. The molecule has 2 N–H and O–H groups in total. The molecule has 138 valence electrons. The van der Waals surface area contributed by atoms with Gasteiger partial charge in [0.1, 0.15) is 0 Å². The predicted octanol–water partition coefficient (Wildman–Crippen LogP) is 2.78. The van der Waals surface area contributed by atoms with Crippen molar-refractivity contribution in [2.24, 2.45) is 11.3 Å². The van der Waals surface area contributed by atoms with Crippen molar-refractivity contribution in [1.82, 2.24) is 10.2 Å². The summed E-state index contributed by atoms with van der Waals surface area (Å²) >= 11 is 0. The van der Waals surface area contributed by atoms with E-state index in [9.17, 15) is 9.90 Å². The number of benzene rings is 1. The molecule has 0 aliphatic heterocycles. The van der Waals surface area contributed by atoms with Gasteiger partial charge in [0.05, 0.1) is 18.8 Å². The second kappa shape index (κ2) is 7.34. The van der Waals surface area contributed by atoms with Crippen molar-refractivity contribution in [2.75, 3.05) is 13.6 Å². The molecule has 0 bridgehead atoms. The molecular weight excluding hydrogens is 316 g/mol. The van der Waals surface area contributed by atoms with E-state index in [2.05, 4.69) is 31.3 Å². The number of hydrogen-bond acceptors (Lipinski definition) is 3. The summed E-state index contributed by atoms with van der Waals surface area (Å²) in [4.78, 5) is 14.1. The van der Waals surface area contributed by atoms with Gasteiger partial charge in [0.15, 0.2) is 0 Å². The van der Waals surface area contributed by atoms with Crippen molar-refractivity contribution in [3.05, 3.63) is 35.9 Å². The molecule has 2 aliphatic carbocycles. The number of aliphatic hydroxyl groups is 1. The van der Waals surface area contributed by atoms with E-state index in [1.807, 2.05) is 25.2 Å². The summed E-state index contributed by atoms with van der Waals surface area (Å²) in [7, 11) is 1.83. The summed E-state index contributed by atoms with van der Waals surface area (Å²) in [6.45, 7) is 5.63. The minimum Gasteiger partial charge on any atom is -0.393 e. The average Bonchev–Trinajstić information content (AvgIpc) is 2.56. The number of carbonyl (C=O) groups is 1. The van der Waals surface area contributed by atoms with Gasteiger partial charge >= 0.3 is 6.03 Å². The van der Waals surface area contributed by atoms with Crippen LogP contribution in [0.2, 0.25) is 0 Å². The second-order valence-electron chi connectivity index (χ2n) is 8.22. The van der Waals surface area contributed by atoms with Crippen LogP contribution >= 0.6 is 0 Å². The Morgan fingerprint density at radius 2 is 1.96 bits per heavy atom. The van der Waals surface area contributed by atoms with Gasteiger partial charge in [-0.05, 0) is 30.7 Å². The van der Waals surface area contributed by atoms with Crippen LogP contribution in [0.25, 0.3) is 0 Å². The zero-order valence-corrected chi connectivity index (χ0v) is 15.4. The quantitative estimate of drug-likeness (QED) is 0.833. The first-order valence-corrected chi connectivity index (χ1v) is 9.21. The fourth-order valence-electron chi connectivity index (χ4n) is 3.76. The zero-order chi connectivity index (χ0) is 18.0. The maximum Gasteiger partial charge on any atom is 0.317 e. The maximum atomic E-state index is 12.4. The fourth-order valence-corrected chi connectivity index (χ4v) is 3.76. The number of aliphatic hydroxyl groups excluding tert-OH is 1. The molecule has 1 aromatic rings. The molecule has 0 radical (unpaired) electrons. The zero-order valence-electron chi connectivity index (χ0n) is 15.4. The molecule has 2 aliphatic rings. The van der Waals surface area contributed by atoms with E-state index in [0.717, 1.165) is 19.3 Å². The van der Waals surface area contributed by atoms with E-state index in [1.165, 1.54) is 5.56 Å². The molecule has 25 heavy (non-hydrogen) atoms. The molecule has 1 aromatic carbocycles. The minimum absolute atomic E-state index is 0.0269. The number of hydrogen-bond donors (Lipinski definition) is 2. The third kappa shape index (κ3) is 4.15. The van der Waals surface area contributed by atoms with Crippen LogP contribution in [0.1, 0.15) is 38.7 Å². The van der Waals surface area contributed by atoms with Crippen LogP contribution in [0.3, 0.4) is 0 Å². The van der Waals surface area contributed by atoms with E-state index in [0.29, 0.717) is 19.1 Å². The van der Waals surface area contributed by atoms with Gasteiger partial charge in [0.25, 0.3) is 0 Å². The van der Waals surface area contributed by atoms with Crippen LogP contribution in [0.4, 0.5) is 4.79 Å². The van der Waals surface area contributed by atoms with Gasteiger partial charge in [-0.25, -0.2) is 4.79 Å². The Kier molecular flexibility index (Phi) is 5.35. The summed E-state index contributed by atoms with van der Waals surface area (Å²) in [5, 5.41) is 12.5. The van der Waals surface area contributed by atoms with Crippen molar-refractivity contribution in [2.45, 2.75) is 58.0 Å². The number of nitrogens with zero attached hydrogens (tertiary/aromatic N) is 1. The third-order valence-corrected chi connectivity index (χ3v) is 5.86. The van der Waals surface area contributed by atoms with Gasteiger partial charge in [-0.15, -0.1) is 0 Å². The van der Waals surface area contributed by atoms with Crippen molar-refractivity contribution < 1.29 is 14.6 Å². The molecular formula is C20H30N2O3. The number of rotatable bonds is 6. The normalized spacial score (nSPS) is 30.1. The number of nitrogens with one attached hydrogen (secondary N) is 1. The molecule has 0 saturated heterocycles. The number of carbonyl (C=O) groups excluding carboxylic acids is 1. The third-order valence-electron chi connectivity index (χ3n) is 5.86. The maximum absolute atomic E-state index is 12.4. The summed E-state index contributed by atoms with van der Waals surface area (Å²) < 4.78 is 6.06. The smallest absolute Gasteiger partial charge is 0.317 e. The largest absolute Gasteiger partial charge is 0.393 e. The van der Waals surface area contributed by atoms with Crippen molar-refractivity contribution in [3.63, 3.8) is 0 Å². The lowest BCUT2D eigenvalue weighted by atomic mass is 9.64. The van der Waals surface area contributed by atoms with Gasteiger partial charge < -0.3 is 20.1 Å². The van der Waals surface area contributed by atoms with Gasteiger partial charge in [-0.3, -0.25) is 0 Å². The van der Waals surface area contributed by atoms with Gasteiger partial charge in [-0.1, -0.05) is 44.2 Å². The average molecular weight is 346 g/mol. The first-order valence-electron chi connectivity index (χ1n) is 9.21. The molecule has 2 saturated carbocycles. The highest BCUT2D eigenvalue weighted by Gasteiger charge is 2.50. The van der Waals surface area contributed by atoms with Crippen LogP contribution in [0.5, 0.6) is 0 Å². The summed E-state index contributed by atoms with van der Waals surface area (Å²) in [5.41, 5.74) is 1.10. The van der Waals surface area contributed by atoms with E-state index in [4.69, 9.17) is 4.74 Å². The molecule has 0 heterocycles. The first kappa shape index (κ1) is 18.2. The Hall–Kier alpha value is -1.59. The molecule has 2 amide bonds. The van der Waals surface area contributed by atoms with Gasteiger partial charge in [0.2, 0.25) is 0 Å². The van der Waals surface area contributed by atoms with E-state index >= 15 is 0 Å². The molecule has 0 aromatic heterocycles. The first-order chi connectivity index (χ1) is 11.9. The highest BCUT2D eigenvalue weighted by molar-refractivity contribution is 5.74.